The van der Waals surface area contributed by atoms with Crippen LogP contribution in [0.5, 0.6) is 5.75 Å². The SMILES string of the molecule is CCCCCCCCc1ccc(OP(O)OCC(CC)CCCC)cc1. The van der Waals surface area contributed by atoms with E-state index < -0.39 is 8.60 Å². The molecule has 26 heavy (non-hydrogen) atoms. The molecule has 0 amide bonds. The summed E-state index contributed by atoms with van der Waals surface area (Å²) in [5.74, 6) is 1.20. The largest absolute Gasteiger partial charge is 0.427 e. The topological polar surface area (TPSA) is 38.7 Å². The Morgan fingerprint density at radius 2 is 1.54 bits per heavy atom. The van der Waals surface area contributed by atoms with Crippen LogP contribution in [0.25, 0.3) is 0 Å². The van der Waals surface area contributed by atoms with Crippen LogP contribution < -0.4 is 4.52 Å². The van der Waals surface area contributed by atoms with Crippen LogP contribution in [0.1, 0.15) is 90.5 Å². The van der Waals surface area contributed by atoms with Gasteiger partial charge in [-0.1, -0.05) is 84.3 Å². The van der Waals surface area contributed by atoms with Crippen LogP contribution in [0.15, 0.2) is 24.3 Å². The summed E-state index contributed by atoms with van der Waals surface area (Å²) in [6.07, 6.45) is 13.7. The molecule has 0 aromatic heterocycles. The quantitative estimate of drug-likeness (QED) is 0.239. The maximum Gasteiger partial charge on any atom is 0.394 e. The third-order valence-electron chi connectivity index (χ3n) is 4.89. The van der Waals surface area contributed by atoms with E-state index in [0.717, 1.165) is 19.3 Å². The molecule has 0 aliphatic rings. The van der Waals surface area contributed by atoms with Crippen molar-refractivity contribution in [3.8, 4) is 5.75 Å². The zero-order chi connectivity index (χ0) is 19.0. The third kappa shape index (κ3) is 11.2. The fraction of sp³-hybridized carbons (Fsp3) is 0.727. The summed E-state index contributed by atoms with van der Waals surface area (Å²) in [4.78, 5) is 10.0. The van der Waals surface area contributed by atoms with E-state index in [1.807, 2.05) is 12.1 Å². The lowest BCUT2D eigenvalue weighted by Crippen LogP contribution is -2.07. The molecular formula is C22H39O3P. The molecule has 0 bridgehead atoms. The molecule has 2 atom stereocenters. The number of hydrogen-bond acceptors (Lipinski definition) is 3. The normalized spacial score (nSPS) is 13.5. The number of aryl methyl sites for hydroxylation is 1. The first-order chi connectivity index (χ1) is 12.7. The Morgan fingerprint density at radius 1 is 0.885 bits per heavy atom. The zero-order valence-electron chi connectivity index (χ0n) is 17.1. The molecule has 0 spiro atoms. The number of hydrogen-bond donors (Lipinski definition) is 1. The van der Waals surface area contributed by atoms with Crippen molar-refractivity contribution in [1.29, 1.82) is 0 Å². The molecule has 3 nitrogen and oxygen atoms in total. The van der Waals surface area contributed by atoms with Crippen molar-refractivity contribution in [2.75, 3.05) is 6.61 Å². The fourth-order valence-electron chi connectivity index (χ4n) is 3.01. The van der Waals surface area contributed by atoms with Crippen molar-refractivity contribution in [3.05, 3.63) is 29.8 Å². The van der Waals surface area contributed by atoms with Gasteiger partial charge < -0.3 is 13.9 Å². The molecule has 0 radical (unpaired) electrons. The van der Waals surface area contributed by atoms with Crippen LogP contribution in [0.3, 0.4) is 0 Å². The summed E-state index contributed by atoms with van der Waals surface area (Å²) in [5.41, 5.74) is 1.33. The molecule has 150 valence electrons. The molecule has 1 aromatic carbocycles. The van der Waals surface area contributed by atoms with Crippen molar-refractivity contribution in [3.63, 3.8) is 0 Å². The maximum atomic E-state index is 10.0. The third-order valence-corrected chi connectivity index (χ3v) is 5.63. The zero-order valence-corrected chi connectivity index (χ0v) is 18.0. The molecule has 4 heteroatoms. The average molecular weight is 383 g/mol. The molecule has 0 saturated carbocycles. The molecule has 0 heterocycles. The second-order valence-electron chi connectivity index (χ2n) is 7.20. The number of benzene rings is 1. The van der Waals surface area contributed by atoms with E-state index in [1.54, 1.807) is 0 Å². The smallest absolute Gasteiger partial charge is 0.394 e. The van der Waals surface area contributed by atoms with Gasteiger partial charge in [-0.2, -0.15) is 0 Å². The van der Waals surface area contributed by atoms with Crippen LogP contribution in [0.2, 0.25) is 0 Å². The summed E-state index contributed by atoms with van der Waals surface area (Å²) >= 11 is 0. The first kappa shape index (κ1) is 23.4. The molecule has 0 fully saturated rings. The maximum absolute atomic E-state index is 10.0. The predicted octanol–water partition coefficient (Wildman–Crippen LogP) is 7.42. The van der Waals surface area contributed by atoms with E-state index >= 15 is 0 Å². The van der Waals surface area contributed by atoms with Gasteiger partial charge in [-0.25, -0.2) is 0 Å². The van der Waals surface area contributed by atoms with Crippen LogP contribution in [-0.2, 0) is 10.9 Å². The summed E-state index contributed by atoms with van der Waals surface area (Å²) in [6, 6.07) is 8.08. The standard InChI is InChI=1S/C22H39O3P/c1-4-7-9-10-11-12-14-21-15-17-22(18-16-21)25-26(23)24-19-20(6-3)13-8-5-2/h15-18,20,23H,4-14,19H2,1-3H3. The van der Waals surface area contributed by atoms with Gasteiger partial charge in [0.2, 0.25) is 0 Å². The fourth-order valence-corrected chi connectivity index (χ4v) is 3.70. The lowest BCUT2D eigenvalue weighted by molar-refractivity contribution is 0.204. The van der Waals surface area contributed by atoms with Crippen LogP contribution in [-0.4, -0.2) is 11.5 Å². The van der Waals surface area contributed by atoms with E-state index in [0.29, 0.717) is 18.3 Å². The van der Waals surface area contributed by atoms with Gasteiger partial charge in [-0.05, 0) is 42.9 Å². The lowest BCUT2D eigenvalue weighted by Gasteiger charge is -2.17. The highest BCUT2D eigenvalue weighted by Crippen LogP contribution is 2.36. The second kappa shape index (κ2) is 15.4. The summed E-state index contributed by atoms with van der Waals surface area (Å²) in [7, 11) is -1.84. The van der Waals surface area contributed by atoms with Gasteiger partial charge in [0, 0.05) is 0 Å². The van der Waals surface area contributed by atoms with Crippen molar-refractivity contribution in [2.45, 2.75) is 91.4 Å². The molecule has 0 aliphatic carbocycles. The van der Waals surface area contributed by atoms with Gasteiger partial charge in [0.25, 0.3) is 0 Å². The van der Waals surface area contributed by atoms with Crippen molar-refractivity contribution >= 4 is 8.60 Å². The van der Waals surface area contributed by atoms with Crippen molar-refractivity contribution in [2.24, 2.45) is 5.92 Å². The summed E-state index contributed by atoms with van der Waals surface area (Å²) in [5, 5.41) is 0. The van der Waals surface area contributed by atoms with Crippen LogP contribution in [0, 0.1) is 5.92 Å². The lowest BCUT2D eigenvalue weighted by atomic mass is 10.0. The van der Waals surface area contributed by atoms with Gasteiger partial charge >= 0.3 is 8.60 Å². The van der Waals surface area contributed by atoms with Gasteiger partial charge in [0.15, 0.2) is 0 Å². The Hall–Kier alpha value is -0.630. The van der Waals surface area contributed by atoms with E-state index in [2.05, 4.69) is 32.9 Å². The average Bonchev–Trinajstić information content (AvgIpc) is 2.66. The minimum atomic E-state index is -1.84. The molecular weight excluding hydrogens is 343 g/mol. The molecule has 1 N–H and O–H groups in total. The molecule has 0 aliphatic heterocycles. The first-order valence-corrected chi connectivity index (χ1v) is 11.7. The van der Waals surface area contributed by atoms with Gasteiger partial charge in [-0.3, -0.25) is 0 Å². The minimum absolute atomic E-state index is 0.510. The Bertz CT molecular complexity index is 436. The molecule has 1 aromatic rings. The summed E-state index contributed by atoms with van der Waals surface area (Å²) < 4.78 is 11.1. The number of unbranched alkanes of at least 4 members (excludes halogenated alkanes) is 6. The van der Waals surface area contributed by atoms with Crippen LogP contribution >= 0.6 is 8.60 Å². The molecule has 1 rings (SSSR count). The van der Waals surface area contributed by atoms with Crippen molar-refractivity contribution in [1.82, 2.24) is 0 Å². The second-order valence-corrected chi connectivity index (χ2v) is 8.12. The number of rotatable bonds is 16. The highest BCUT2D eigenvalue weighted by molar-refractivity contribution is 7.41. The van der Waals surface area contributed by atoms with Crippen molar-refractivity contribution < 1.29 is 13.9 Å². The minimum Gasteiger partial charge on any atom is -0.427 e. The Labute approximate surface area is 162 Å². The van der Waals surface area contributed by atoms with E-state index in [9.17, 15) is 4.89 Å². The van der Waals surface area contributed by atoms with Gasteiger partial charge in [0.1, 0.15) is 5.75 Å². The Kier molecular flexibility index (Phi) is 13.9. The predicted molar refractivity (Wildman–Crippen MR) is 113 cm³/mol. The highest BCUT2D eigenvalue weighted by Gasteiger charge is 2.13. The van der Waals surface area contributed by atoms with Gasteiger partial charge in [0.05, 0.1) is 6.61 Å². The van der Waals surface area contributed by atoms with Crippen LogP contribution in [0.4, 0.5) is 0 Å². The molecule has 2 unspecified atom stereocenters. The van der Waals surface area contributed by atoms with Gasteiger partial charge in [-0.15, -0.1) is 0 Å². The van der Waals surface area contributed by atoms with E-state index in [1.165, 1.54) is 56.9 Å². The molecule has 0 saturated heterocycles. The van der Waals surface area contributed by atoms with E-state index in [4.69, 9.17) is 9.05 Å². The monoisotopic (exact) mass is 382 g/mol. The van der Waals surface area contributed by atoms with E-state index in [-0.39, 0.29) is 0 Å². The first-order valence-electron chi connectivity index (χ1n) is 10.6. The Balaban J connectivity index is 2.24. The highest BCUT2D eigenvalue weighted by atomic mass is 31.2. The Morgan fingerprint density at radius 3 is 2.19 bits per heavy atom. The summed E-state index contributed by atoms with van der Waals surface area (Å²) in [6.45, 7) is 7.20.